The van der Waals surface area contributed by atoms with E-state index < -0.39 is 0 Å². The van der Waals surface area contributed by atoms with Crippen LogP contribution < -0.4 is 0 Å². The van der Waals surface area contributed by atoms with Crippen LogP contribution in [-0.2, 0) is 6.42 Å². The number of carbonyl (C=O) groups is 1. The molecule has 0 saturated carbocycles. The van der Waals surface area contributed by atoms with Gasteiger partial charge in [0.15, 0.2) is 0 Å². The molecular formula is C21H28N2O2. The fraction of sp³-hybridized carbons (Fsp3) is 0.476. The summed E-state index contributed by atoms with van der Waals surface area (Å²) in [6.45, 7) is 6.86. The topological polar surface area (TPSA) is 36.7 Å². The van der Waals surface area contributed by atoms with E-state index in [1.54, 1.807) is 0 Å². The highest BCUT2D eigenvalue weighted by Crippen LogP contribution is 2.20. The lowest BCUT2D eigenvalue weighted by molar-refractivity contribution is 0.0617. The Balaban J connectivity index is 1.58. The molecule has 0 N–H and O–H groups in total. The Morgan fingerprint density at radius 2 is 2.04 bits per heavy atom. The van der Waals surface area contributed by atoms with Crippen LogP contribution >= 0.6 is 0 Å². The number of rotatable bonds is 5. The number of nitrogens with zero attached hydrogens (tertiary/aromatic N) is 2. The molecule has 4 heteroatoms. The van der Waals surface area contributed by atoms with Crippen LogP contribution in [0.4, 0.5) is 0 Å². The van der Waals surface area contributed by atoms with Crippen molar-refractivity contribution in [2.45, 2.75) is 39.2 Å². The first-order valence-electron chi connectivity index (χ1n) is 9.15. The number of hydrogen-bond donors (Lipinski definition) is 0. The largest absolute Gasteiger partial charge is 0.466 e. The third kappa shape index (κ3) is 4.31. The smallest absolute Gasteiger partial charge is 0.257 e. The molecule has 4 nitrogen and oxygen atoms in total. The first kappa shape index (κ1) is 17.7. The van der Waals surface area contributed by atoms with Crippen LogP contribution in [0.3, 0.4) is 0 Å². The molecule has 0 aliphatic carbocycles. The molecule has 0 radical (unpaired) electrons. The van der Waals surface area contributed by atoms with Gasteiger partial charge >= 0.3 is 0 Å². The monoisotopic (exact) mass is 340 g/mol. The van der Waals surface area contributed by atoms with Gasteiger partial charge in [-0.2, -0.15) is 0 Å². The molecule has 25 heavy (non-hydrogen) atoms. The number of amides is 1. The highest BCUT2D eigenvalue weighted by atomic mass is 16.3. The van der Waals surface area contributed by atoms with Crippen molar-refractivity contribution in [2.75, 3.05) is 26.7 Å². The summed E-state index contributed by atoms with van der Waals surface area (Å²) in [5.74, 6) is 1.58. The van der Waals surface area contributed by atoms with E-state index in [1.807, 2.05) is 31.9 Å². The Morgan fingerprint density at radius 1 is 1.28 bits per heavy atom. The fourth-order valence-electron chi connectivity index (χ4n) is 3.68. The summed E-state index contributed by atoms with van der Waals surface area (Å²) in [4.78, 5) is 17.2. The normalized spacial score (nSPS) is 18.3. The minimum atomic E-state index is 0.0734. The van der Waals surface area contributed by atoms with Crippen molar-refractivity contribution < 1.29 is 9.21 Å². The average Bonchev–Trinajstić information content (AvgIpc) is 2.98. The molecule has 1 fully saturated rings. The quantitative estimate of drug-likeness (QED) is 0.833. The van der Waals surface area contributed by atoms with Crippen LogP contribution in [0, 0.1) is 13.8 Å². The number of likely N-dealkylation sites (N-methyl/N-ethyl adjacent to an activating group) is 1. The lowest BCUT2D eigenvalue weighted by atomic mass is 10.0. The van der Waals surface area contributed by atoms with Gasteiger partial charge in [0, 0.05) is 26.2 Å². The first-order chi connectivity index (χ1) is 12.0. The van der Waals surface area contributed by atoms with Crippen molar-refractivity contribution in [3.8, 4) is 0 Å². The van der Waals surface area contributed by atoms with Crippen LogP contribution in [0.5, 0.6) is 0 Å². The fourth-order valence-corrected chi connectivity index (χ4v) is 3.68. The maximum atomic E-state index is 12.8. The number of aryl methyl sites for hydroxylation is 2. The Labute approximate surface area is 150 Å². The minimum Gasteiger partial charge on any atom is -0.466 e. The van der Waals surface area contributed by atoms with E-state index in [-0.39, 0.29) is 11.9 Å². The van der Waals surface area contributed by atoms with Gasteiger partial charge in [0.05, 0.1) is 5.56 Å². The van der Waals surface area contributed by atoms with E-state index in [9.17, 15) is 4.79 Å². The number of piperidine rings is 1. The van der Waals surface area contributed by atoms with Gasteiger partial charge in [-0.05, 0) is 51.3 Å². The lowest BCUT2D eigenvalue weighted by Crippen LogP contribution is -2.49. The summed E-state index contributed by atoms with van der Waals surface area (Å²) < 4.78 is 5.52. The number of hydrogen-bond acceptors (Lipinski definition) is 3. The van der Waals surface area contributed by atoms with Crippen molar-refractivity contribution in [1.29, 1.82) is 0 Å². The van der Waals surface area contributed by atoms with Gasteiger partial charge in [-0.3, -0.25) is 4.79 Å². The van der Waals surface area contributed by atoms with E-state index in [2.05, 4.69) is 35.2 Å². The molecule has 1 aliphatic heterocycles. The van der Waals surface area contributed by atoms with Gasteiger partial charge in [-0.15, -0.1) is 0 Å². The van der Waals surface area contributed by atoms with Gasteiger partial charge in [-0.1, -0.05) is 30.3 Å². The molecule has 1 amide bonds. The molecule has 0 spiro atoms. The third-order valence-corrected chi connectivity index (χ3v) is 5.18. The molecule has 1 aromatic heterocycles. The van der Waals surface area contributed by atoms with Gasteiger partial charge in [0.25, 0.3) is 5.91 Å². The second-order valence-corrected chi connectivity index (χ2v) is 7.08. The zero-order valence-corrected chi connectivity index (χ0v) is 15.5. The standard InChI is InChI=1S/C21H28N2O2/c1-16-14-20(17(2)25-16)21(24)22(3)19-10-7-12-23(15-19)13-11-18-8-5-4-6-9-18/h4-6,8-9,14,19H,7,10-13,15H2,1-3H3. The summed E-state index contributed by atoms with van der Waals surface area (Å²) >= 11 is 0. The van der Waals surface area contributed by atoms with Crippen LogP contribution in [-0.4, -0.2) is 48.4 Å². The maximum absolute atomic E-state index is 12.8. The molecule has 1 atom stereocenters. The van der Waals surface area contributed by atoms with Crippen molar-refractivity contribution in [2.24, 2.45) is 0 Å². The number of carbonyl (C=O) groups excluding carboxylic acids is 1. The van der Waals surface area contributed by atoms with E-state index in [4.69, 9.17) is 4.42 Å². The zero-order valence-electron chi connectivity index (χ0n) is 15.5. The summed E-state index contributed by atoms with van der Waals surface area (Å²) in [5, 5.41) is 0. The summed E-state index contributed by atoms with van der Waals surface area (Å²) in [7, 11) is 1.93. The summed E-state index contributed by atoms with van der Waals surface area (Å²) in [6, 6.07) is 12.7. The molecule has 3 rings (SSSR count). The molecule has 134 valence electrons. The molecule has 1 saturated heterocycles. The molecular weight excluding hydrogens is 312 g/mol. The van der Waals surface area contributed by atoms with Crippen LogP contribution in [0.15, 0.2) is 40.8 Å². The second-order valence-electron chi connectivity index (χ2n) is 7.08. The zero-order chi connectivity index (χ0) is 17.8. The Kier molecular flexibility index (Phi) is 5.59. The summed E-state index contributed by atoms with van der Waals surface area (Å²) in [5.41, 5.74) is 2.07. The molecule has 2 aromatic rings. The average molecular weight is 340 g/mol. The Bertz CT molecular complexity index is 708. The SMILES string of the molecule is Cc1cc(C(=O)N(C)C2CCCN(CCc3ccccc3)C2)c(C)o1. The third-order valence-electron chi connectivity index (χ3n) is 5.18. The van der Waals surface area contributed by atoms with E-state index in [1.165, 1.54) is 5.56 Å². The van der Waals surface area contributed by atoms with Crippen molar-refractivity contribution in [3.63, 3.8) is 0 Å². The molecule has 2 heterocycles. The molecule has 1 unspecified atom stereocenters. The number of likely N-dealkylation sites (tertiary alicyclic amines) is 1. The molecule has 0 bridgehead atoms. The predicted octanol–water partition coefficient (Wildman–Crippen LogP) is 3.68. The van der Waals surface area contributed by atoms with Gasteiger partial charge < -0.3 is 14.2 Å². The second kappa shape index (κ2) is 7.87. The van der Waals surface area contributed by atoms with Crippen molar-refractivity contribution in [3.05, 3.63) is 59.0 Å². The highest BCUT2D eigenvalue weighted by Gasteiger charge is 2.28. The lowest BCUT2D eigenvalue weighted by Gasteiger charge is -2.37. The van der Waals surface area contributed by atoms with Crippen LogP contribution in [0.1, 0.15) is 40.3 Å². The maximum Gasteiger partial charge on any atom is 0.257 e. The van der Waals surface area contributed by atoms with Crippen LogP contribution in [0.25, 0.3) is 0 Å². The molecule has 1 aliphatic rings. The number of furan rings is 1. The highest BCUT2D eigenvalue weighted by molar-refractivity contribution is 5.95. The minimum absolute atomic E-state index is 0.0734. The van der Waals surface area contributed by atoms with E-state index in [0.717, 1.165) is 44.7 Å². The van der Waals surface area contributed by atoms with Gasteiger partial charge in [0.2, 0.25) is 0 Å². The van der Waals surface area contributed by atoms with Gasteiger partial charge in [0.1, 0.15) is 11.5 Å². The Hall–Kier alpha value is -2.07. The molecule has 1 aromatic carbocycles. The van der Waals surface area contributed by atoms with Crippen molar-refractivity contribution in [1.82, 2.24) is 9.80 Å². The number of benzene rings is 1. The summed E-state index contributed by atoms with van der Waals surface area (Å²) in [6.07, 6.45) is 3.27. The predicted molar refractivity (Wildman–Crippen MR) is 99.9 cm³/mol. The van der Waals surface area contributed by atoms with E-state index >= 15 is 0 Å². The van der Waals surface area contributed by atoms with Crippen LogP contribution in [0.2, 0.25) is 0 Å². The van der Waals surface area contributed by atoms with E-state index in [0.29, 0.717) is 11.3 Å². The Morgan fingerprint density at radius 3 is 2.72 bits per heavy atom. The van der Waals surface area contributed by atoms with Crippen molar-refractivity contribution >= 4 is 5.91 Å². The van der Waals surface area contributed by atoms with Gasteiger partial charge in [-0.25, -0.2) is 0 Å². The first-order valence-corrected chi connectivity index (χ1v) is 9.15.